The highest BCUT2D eigenvalue weighted by atomic mass is 16.8. The summed E-state index contributed by atoms with van der Waals surface area (Å²) in [6.45, 7) is 12.6. The summed E-state index contributed by atoms with van der Waals surface area (Å²) in [5.74, 6) is -0.570. The van der Waals surface area contributed by atoms with E-state index in [0.29, 0.717) is 44.1 Å². The van der Waals surface area contributed by atoms with E-state index in [0.717, 1.165) is 25.7 Å². The largest absolute Gasteiger partial charge is 0.394 e. The van der Waals surface area contributed by atoms with E-state index in [-0.39, 0.29) is 23.2 Å². The van der Waals surface area contributed by atoms with Crippen LogP contribution in [-0.4, -0.2) is 227 Å². The molecule has 0 amide bonds. The quantitative estimate of drug-likeness (QED) is 0.113. The first kappa shape index (κ1) is 55.2. The SMILES string of the molecule is CC1COC2(CC1O)OC1CC3C4CC=C5CC(OC6OC(CO)C(OC7OC(C)C(OC8OC(C)C(O)C(O)C8O)C(O)C7O)C(O)C6OC6OC(C)C(O)C(O)C6O)CCC5(C)C4CCC3(C)C1(O)C2C. The maximum atomic E-state index is 12.9. The van der Waals surface area contributed by atoms with Gasteiger partial charge in [-0.2, -0.15) is 0 Å². The smallest absolute Gasteiger partial charge is 0.187 e. The van der Waals surface area contributed by atoms with E-state index < -0.39 is 165 Å². The Balaban J connectivity index is 0.842. The molecule has 3 saturated carbocycles. The predicted molar refractivity (Wildman–Crippen MR) is 247 cm³/mol. The zero-order chi connectivity index (χ0) is 52.6. The van der Waals surface area contributed by atoms with E-state index >= 15 is 0 Å². The third-order valence-electron chi connectivity index (χ3n) is 20.1. The fraction of sp³-hybridized carbons (Fsp3) is 0.961. The minimum Gasteiger partial charge on any atom is -0.394 e. The van der Waals surface area contributed by atoms with Crippen molar-refractivity contribution >= 4 is 0 Å². The van der Waals surface area contributed by atoms with Crippen molar-refractivity contribution in [3.63, 3.8) is 0 Å². The highest BCUT2D eigenvalue weighted by Gasteiger charge is 2.76. The van der Waals surface area contributed by atoms with Gasteiger partial charge in [-0.15, -0.1) is 0 Å². The van der Waals surface area contributed by atoms with Crippen molar-refractivity contribution in [2.75, 3.05) is 13.2 Å². The first-order valence-electron chi connectivity index (χ1n) is 26.8. The van der Waals surface area contributed by atoms with Gasteiger partial charge in [-0.3, -0.25) is 0 Å². The Labute approximate surface area is 425 Å². The molecule has 10 aliphatic rings. The van der Waals surface area contributed by atoms with Crippen molar-refractivity contribution in [1.82, 2.24) is 0 Å². The first-order valence-corrected chi connectivity index (χ1v) is 26.8. The summed E-state index contributed by atoms with van der Waals surface area (Å²) in [6, 6.07) is 0. The Kier molecular flexibility index (Phi) is 15.3. The van der Waals surface area contributed by atoms with E-state index in [1.54, 1.807) is 0 Å². The third-order valence-corrected chi connectivity index (χ3v) is 20.1. The van der Waals surface area contributed by atoms with Crippen molar-refractivity contribution < 1.29 is 109 Å². The highest BCUT2D eigenvalue weighted by molar-refractivity contribution is 5.29. The molecule has 32 unspecified atom stereocenters. The zero-order valence-electron chi connectivity index (χ0n) is 42.8. The molecule has 4 aliphatic carbocycles. The Morgan fingerprint density at radius 1 is 0.616 bits per heavy atom. The van der Waals surface area contributed by atoms with Gasteiger partial charge in [-0.1, -0.05) is 39.3 Å². The first-order chi connectivity index (χ1) is 34.4. The van der Waals surface area contributed by atoms with Gasteiger partial charge in [0.2, 0.25) is 0 Å². The second kappa shape index (κ2) is 20.2. The van der Waals surface area contributed by atoms with Gasteiger partial charge in [0.05, 0.1) is 49.8 Å². The van der Waals surface area contributed by atoms with Crippen molar-refractivity contribution in [3.8, 4) is 0 Å². The van der Waals surface area contributed by atoms with Gasteiger partial charge in [0.25, 0.3) is 0 Å². The molecule has 0 aromatic rings. The molecule has 22 heteroatoms. The van der Waals surface area contributed by atoms with Gasteiger partial charge >= 0.3 is 0 Å². The number of fused-ring (bicyclic) bond motifs is 7. The van der Waals surface area contributed by atoms with Gasteiger partial charge in [0, 0.05) is 23.7 Å². The summed E-state index contributed by atoms with van der Waals surface area (Å²) < 4.78 is 61.7. The van der Waals surface area contributed by atoms with Gasteiger partial charge in [0.1, 0.15) is 85.0 Å². The van der Waals surface area contributed by atoms with Crippen LogP contribution in [0.4, 0.5) is 0 Å². The Hall–Kier alpha value is -1.14. The molecule has 9 fully saturated rings. The van der Waals surface area contributed by atoms with Crippen LogP contribution in [0.1, 0.15) is 99.8 Å². The van der Waals surface area contributed by atoms with Crippen LogP contribution in [0, 0.1) is 40.4 Å². The van der Waals surface area contributed by atoms with Crippen molar-refractivity contribution in [3.05, 3.63) is 11.6 Å². The molecular weight excluding hydrogens is 965 g/mol. The molecule has 0 bridgehead atoms. The maximum Gasteiger partial charge on any atom is 0.187 e. The average Bonchev–Trinajstić information content (AvgIpc) is 3.71. The predicted octanol–water partition coefficient (Wildman–Crippen LogP) is -1.82. The molecule has 10 rings (SSSR count). The number of hydrogen-bond donors (Lipinski definition) is 12. The molecular formula is C51H82O22. The van der Waals surface area contributed by atoms with E-state index in [1.807, 2.05) is 13.8 Å². The number of allylic oxidation sites excluding steroid dienone is 1. The van der Waals surface area contributed by atoms with Crippen molar-refractivity contribution in [1.29, 1.82) is 0 Å². The summed E-state index contributed by atoms with van der Waals surface area (Å²) in [7, 11) is 0. The van der Waals surface area contributed by atoms with Crippen LogP contribution in [0.25, 0.3) is 0 Å². The lowest BCUT2D eigenvalue weighted by Gasteiger charge is -2.60. The summed E-state index contributed by atoms with van der Waals surface area (Å²) in [5.41, 5.74) is -0.514. The molecule has 22 nitrogen and oxygen atoms in total. The Morgan fingerprint density at radius 2 is 1.21 bits per heavy atom. The Morgan fingerprint density at radius 3 is 1.82 bits per heavy atom. The molecule has 0 radical (unpaired) electrons. The van der Waals surface area contributed by atoms with E-state index in [9.17, 15) is 61.3 Å². The molecule has 418 valence electrons. The summed E-state index contributed by atoms with van der Waals surface area (Å²) in [5, 5.41) is 133. The van der Waals surface area contributed by atoms with Crippen LogP contribution >= 0.6 is 0 Å². The molecule has 32 atom stereocenters. The van der Waals surface area contributed by atoms with Crippen LogP contribution in [0.3, 0.4) is 0 Å². The molecule has 12 N–H and O–H groups in total. The number of aliphatic hydroxyl groups is 12. The Bertz CT molecular complexity index is 1990. The number of rotatable bonds is 9. The van der Waals surface area contributed by atoms with Crippen LogP contribution in [0.15, 0.2) is 11.6 Å². The second-order valence-electron chi connectivity index (χ2n) is 24.0. The molecule has 6 aliphatic heterocycles. The maximum absolute atomic E-state index is 12.9. The van der Waals surface area contributed by atoms with E-state index in [4.69, 9.17) is 47.4 Å². The standard InChI is InChI=1S/C51H82O22/c1-19-18-64-50(16-29(19)53)23(5)51(63)31(73-50)15-28-26-9-8-24-14-25(10-12-48(24,6)27(26)11-13-49(28,51)7)68-47-43(72-45-38(60)35(57)33(55)21(3)66-45)40(62)42(30(17-52)69-47)71-46-39(61)36(58)41(22(4)67-46)70-44-37(59)34(56)32(54)20(2)65-44/h8,19-23,25-47,52-63H,9-18H2,1-7H3. The number of aliphatic hydroxyl groups excluding tert-OH is 11. The molecule has 1 spiro atoms. The summed E-state index contributed by atoms with van der Waals surface area (Å²) in [6.07, 6.45) is -24.0. The lowest BCUT2D eigenvalue weighted by atomic mass is 9.46. The minimum atomic E-state index is -1.87. The second-order valence-corrected chi connectivity index (χ2v) is 24.0. The van der Waals surface area contributed by atoms with E-state index in [1.165, 1.54) is 26.3 Å². The monoisotopic (exact) mass is 1050 g/mol. The van der Waals surface area contributed by atoms with Crippen LogP contribution in [-0.2, 0) is 47.4 Å². The zero-order valence-corrected chi connectivity index (χ0v) is 42.8. The van der Waals surface area contributed by atoms with Gasteiger partial charge in [0.15, 0.2) is 30.9 Å². The normalized spacial score (nSPS) is 59.2. The molecule has 0 aromatic heterocycles. The molecule has 0 aromatic carbocycles. The lowest BCUT2D eigenvalue weighted by Crippen LogP contribution is -2.67. The van der Waals surface area contributed by atoms with Gasteiger partial charge in [-0.25, -0.2) is 0 Å². The number of hydrogen-bond acceptors (Lipinski definition) is 22. The summed E-state index contributed by atoms with van der Waals surface area (Å²) >= 11 is 0. The molecule has 6 heterocycles. The molecule has 73 heavy (non-hydrogen) atoms. The van der Waals surface area contributed by atoms with Crippen molar-refractivity contribution in [2.24, 2.45) is 40.4 Å². The van der Waals surface area contributed by atoms with Crippen LogP contribution < -0.4 is 0 Å². The van der Waals surface area contributed by atoms with E-state index in [2.05, 4.69) is 19.9 Å². The topological polar surface area (TPSA) is 335 Å². The average molecular weight is 1050 g/mol. The lowest BCUT2D eigenvalue weighted by molar-refractivity contribution is -0.394. The molecule has 6 saturated heterocycles. The van der Waals surface area contributed by atoms with Crippen LogP contribution in [0.2, 0.25) is 0 Å². The number of ether oxygens (including phenoxy) is 10. The van der Waals surface area contributed by atoms with Crippen LogP contribution in [0.5, 0.6) is 0 Å². The fourth-order valence-electron chi connectivity index (χ4n) is 15.4. The minimum absolute atomic E-state index is 0.0156. The fourth-order valence-corrected chi connectivity index (χ4v) is 15.4. The highest BCUT2D eigenvalue weighted by Crippen LogP contribution is 2.72. The third kappa shape index (κ3) is 8.85. The van der Waals surface area contributed by atoms with Crippen molar-refractivity contribution in [2.45, 2.75) is 252 Å². The van der Waals surface area contributed by atoms with Gasteiger partial charge < -0.3 is 109 Å². The summed E-state index contributed by atoms with van der Waals surface area (Å²) in [4.78, 5) is 0. The van der Waals surface area contributed by atoms with Gasteiger partial charge in [-0.05, 0) is 88.9 Å².